The number of carbonyl (C=O) groups excluding carboxylic acids is 2. The van der Waals surface area contributed by atoms with Crippen molar-refractivity contribution in [3.05, 3.63) is 0 Å². The minimum Gasteiger partial charge on any atom is -0.379 e. The molecule has 236 valence electrons. The lowest BCUT2D eigenvalue weighted by Crippen LogP contribution is -2.35. The van der Waals surface area contributed by atoms with Crippen LogP contribution in [0.3, 0.4) is 0 Å². The molecule has 5 unspecified atom stereocenters. The van der Waals surface area contributed by atoms with Gasteiger partial charge in [0.15, 0.2) is 5.78 Å². The molecule has 5 atom stereocenters. The molecule has 0 aromatic carbocycles. The Hall–Kier alpha value is -0.980. The highest BCUT2D eigenvalue weighted by Gasteiger charge is 2.52. The fourth-order valence-corrected chi connectivity index (χ4v) is 8.38. The van der Waals surface area contributed by atoms with Gasteiger partial charge in [0.2, 0.25) is 5.91 Å². The lowest BCUT2D eigenvalue weighted by atomic mass is 9.85. The van der Waals surface area contributed by atoms with Gasteiger partial charge in [-0.2, -0.15) is 0 Å². The van der Waals surface area contributed by atoms with Crippen LogP contribution in [0.4, 0.5) is 0 Å². The molecule has 1 aliphatic heterocycles. The van der Waals surface area contributed by atoms with Crippen molar-refractivity contribution in [1.82, 2.24) is 10.6 Å². The Balaban J connectivity index is 0.947. The number of rotatable bonds is 15. The van der Waals surface area contributed by atoms with Crippen LogP contribution >= 0.6 is 0 Å². The van der Waals surface area contributed by atoms with E-state index in [0.29, 0.717) is 56.4 Å². The predicted octanol–water partition coefficient (Wildman–Crippen LogP) is 7.13. The molecule has 6 heteroatoms. The summed E-state index contributed by atoms with van der Waals surface area (Å²) in [5, 5.41) is 6.79. The first-order valence-electron chi connectivity index (χ1n) is 17.9. The Morgan fingerprint density at radius 1 is 0.707 bits per heavy atom. The molecule has 1 saturated heterocycles. The summed E-state index contributed by atoms with van der Waals surface area (Å²) in [7, 11) is 0. The highest BCUT2D eigenvalue weighted by molar-refractivity contribution is 5.90. The van der Waals surface area contributed by atoms with E-state index in [2.05, 4.69) is 10.6 Å². The third-order valence-corrected chi connectivity index (χ3v) is 10.7. The molecule has 1 heterocycles. The van der Waals surface area contributed by atoms with E-state index in [-0.39, 0.29) is 17.9 Å². The maximum atomic E-state index is 13.2. The van der Waals surface area contributed by atoms with E-state index in [9.17, 15) is 9.59 Å². The van der Waals surface area contributed by atoms with Crippen LogP contribution in [0.15, 0.2) is 0 Å². The second kappa shape index (κ2) is 19.3. The van der Waals surface area contributed by atoms with E-state index < -0.39 is 0 Å². The molecule has 0 radical (unpaired) electrons. The molecule has 41 heavy (non-hydrogen) atoms. The lowest BCUT2D eigenvalue weighted by Gasteiger charge is -2.20. The van der Waals surface area contributed by atoms with E-state index in [4.69, 9.17) is 9.47 Å². The molecular formula is C35H62N2O4. The van der Waals surface area contributed by atoms with Crippen LogP contribution in [0.2, 0.25) is 0 Å². The lowest BCUT2D eigenvalue weighted by molar-refractivity contribution is -0.123. The maximum Gasteiger partial charge on any atom is 0.222 e. The first-order chi connectivity index (χ1) is 20.2. The van der Waals surface area contributed by atoms with Crippen LogP contribution < -0.4 is 10.6 Å². The van der Waals surface area contributed by atoms with Gasteiger partial charge >= 0.3 is 0 Å². The molecule has 4 aliphatic rings. The number of hydrogen-bond acceptors (Lipinski definition) is 5. The number of unbranched alkanes of at least 4 members (excludes halogenated alkanes) is 1. The molecule has 4 rings (SSSR count). The van der Waals surface area contributed by atoms with Crippen LogP contribution in [0, 0.1) is 23.7 Å². The number of amides is 1. The minimum absolute atomic E-state index is 0.0398. The van der Waals surface area contributed by atoms with Gasteiger partial charge in [0.1, 0.15) is 0 Å². The number of Topliss-reactive ketones (excluding diaryl/α,β-unsaturated/α-hetero) is 1. The Kier molecular flexibility index (Phi) is 15.5. The van der Waals surface area contributed by atoms with Gasteiger partial charge in [0, 0.05) is 31.5 Å². The van der Waals surface area contributed by atoms with Crippen LogP contribution in [0.25, 0.3) is 0 Å². The fourth-order valence-electron chi connectivity index (χ4n) is 8.38. The molecular weight excluding hydrogens is 512 g/mol. The van der Waals surface area contributed by atoms with Gasteiger partial charge in [-0.3, -0.25) is 9.59 Å². The van der Waals surface area contributed by atoms with E-state index in [1.165, 1.54) is 109 Å². The van der Waals surface area contributed by atoms with Crippen molar-refractivity contribution in [2.75, 3.05) is 33.0 Å². The highest BCUT2D eigenvalue weighted by Crippen LogP contribution is 2.47. The Morgan fingerprint density at radius 3 is 2.07 bits per heavy atom. The zero-order chi connectivity index (χ0) is 28.5. The third kappa shape index (κ3) is 11.6. The summed E-state index contributed by atoms with van der Waals surface area (Å²) in [5.74, 6) is 3.05. The molecule has 4 fully saturated rings. The van der Waals surface area contributed by atoms with Gasteiger partial charge in [0.05, 0.1) is 25.9 Å². The summed E-state index contributed by atoms with van der Waals surface area (Å²) < 4.78 is 11.4. The second-order valence-electron chi connectivity index (χ2n) is 13.8. The van der Waals surface area contributed by atoms with Gasteiger partial charge in [-0.15, -0.1) is 0 Å². The summed E-state index contributed by atoms with van der Waals surface area (Å²) in [6.07, 6.45) is 27.6. The summed E-state index contributed by atoms with van der Waals surface area (Å²) in [6.45, 7) is 3.13. The number of hydrogen-bond donors (Lipinski definition) is 2. The average Bonchev–Trinajstić information content (AvgIpc) is 3.52. The molecule has 0 aromatic heterocycles. The van der Waals surface area contributed by atoms with E-state index in [1.54, 1.807) is 0 Å². The summed E-state index contributed by atoms with van der Waals surface area (Å²) in [5.41, 5.74) is 0. The van der Waals surface area contributed by atoms with E-state index in [0.717, 1.165) is 38.2 Å². The van der Waals surface area contributed by atoms with Crippen molar-refractivity contribution in [2.45, 2.75) is 153 Å². The zero-order valence-corrected chi connectivity index (χ0v) is 26.2. The van der Waals surface area contributed by atoms with E-state index >= 15 is 0 Å². The van der Waals surface area contributed by atoms with Crippen molar-refractivity contribution >= 4 is 11.7 Å². The summed E-state index contributed by atoms with van der Waals surface area (Å²) in [6, 6.07) is 0.476. The standard InChI is InChI=1S/C35H62N2O4/c38-32(21-24-41-26-25-40-23-14-17-28-15-8-4-2-1-3-5-9-16-28)36-22-13-12-20-31-35(39)33-29-18-10-6-7-11-19-30(27-29)34(33)37-31/h28-31,33-34,37H,1-27H2,(H,36,38). The molecule has 3 aliphatic carbocycles. The normalized spacial score (nSPS) is 29.9. The molecule has 3 saturated carbocycles. The van der Waals surface area contributed by atoms with Crippen molar-refractivity contribution < 1.29 is 19.1 Å². The molecule has 1 amide bonds. The van der Waals surface area contributed by atoms with Gasteiger partial charge < -0.3 is 20.1 Å². The quantitative estimate of drug-likeness (QED) is 0.203. The Labute approximate surface area is 251 Å². The van der Waals surface area contributed by atoms with Crippen molar-refractivity contribution in [3.63, 3.8) is 0 Å². The molecule has 2 bridgehead atoms. The second-order valence-corrected chi connectivity index (χ2v) is 13.8. The van der Waals surface area contributed by atoms with Crippen LogP contribution in [-0.4, -0.2) is 56.7 Å². The molecule has 6 nitrogen and oxygen atoms in total. The molecule has 2 N–H and O–H groups in total. The first kappa shape index (κ1) is 32.9. The number of ether oxygens (including phenoxy) is 2. The topological polar surface area (TPSA) is 76.7 Å². The first-order valence-corrected chi connectivity index (χ1v) is 17.9. The number of fused-ring (bicyclic) bond motifs is 5. The van der Waals surface area contributed by atoms with Crippen molar-refractivity contribution in [2.24, 2.45) is 23.7 Å². The SMILES string of the molecule is O=C(CCOCCOCCCC1CCCCCCCCC1)NCCCCC1NC2C3CCCCCCC(C3)C2C1=O. The largest absolute Gasteiger partial charge is 0.379 e. The van der Waals surface area contributed by atoms with Crippen LogP contribution in [0.5, 0.6) is 0 Å². The predicted molar refractivity (Wildman–Crippen MR) is 166 cm³/mol. The summed E-state index contributed by atoms with van der Waals surface area (Å²) in [4.78, 5) is 25.4. The van der Waals surface area contributed by atoms with Crippen molar-refractivity contribution in [1.29, 1.82) is 0 Å². The average molecular weight is 575 g/mol. The van der Waals surface area contributed by atoms with Gasteiger partial charge in [-0.05, 0) is 69.1 Å². The fraction of sp³-hybridized carbons (Fsp3) is 0.943. The third-order valence-electron chi connectivity index (χ3n) is 10.7. The van der Waals surface area contributed by atoms with Gasteiger partial charge in [0.25, 0.3) is 0 Å². The zero-order valence-electron chi connectivity index (χ0n) is 26.2. The Bertz CT molecular complexity index is 736. The van der Waals surface area contributed by atoms with Crippen LogP contribution in [-0.2, 0) is 19.1 Å². The molecule has 0 aromatic rings. The monoisotopic (exact) mass is 574 g/mol. The molecule has 0 spiro atoms. The highest BCUT2D eigenvalue weighted by atomic mass is 16.5. The maximum absolute atomic E-state index is 13.2. The summed E-state index contributed by atoms with van der Waals surface area (Å²) >= 11 is 0. The van der Waals surface area contributed by atoms with Gasteiger partial charge in [-0.1, -0.05) is 83.5 Å². The smallest absolute Gasteiger partial charge is 0.222 e. The van der Waals surface area contributed by atoms with Gasteiger partial charge in [-0.25, -0.2) is 0 Å². The number of nitrogens with one attached hydrogen (secondary N) is 2. The number of carbonyl (C=O) groups is 2. The van der Waals surface area contributed by atoms with Crippen molar-refractivity contribution in [3.8, 4) is 0 Å². The Morgan fingerprint density at radius 2 is 1.34 bits per heavy atom. The number of ketones is 1. The van der Waals surface area contributed by atoms with E-state index in [1.807, 2.05) is 0 Å². The minimum atomic E-state index is 0.0398. The van der Waals surface area contributed by atoms with Crippen LogP contribution in [0.1, 0.15) is 141 Å².